The molecule has 3 amide bonds. The van der Waals surface area contributed by atoms with E-state index in [-0.39, 0.29) is 24.3 Å². The first-order chi connectivity index (χ1) is 12.6. The predicted molar refractivity (Wildman–Crippen MR) is 96.3 cm³/mol. The highest BCUT2D eigenvalue weighted by Crippen LogP contribution is 2.09. The second-order valence-corrected chi connectivity index (χ2v) is 5.96. The van der Waals surface area contributed by atoms with Crippen LogP contribution in [0, 0.1) is 5.82 Å². The Kier molecular flexibility index (Phi) is 5.75. The first-order valence-electron chi connectivity index (χ1n) is 8.35. The lowest BCUT2D eigenvalue weighted by atomic mass is 10.3. The number of amides is 3. The fourth-order valence-electron chi connectivity index (χ4n) is 2.67. The van der Waals surface area contributed by atoms with Crippen LogP contribution in [0.15, 0.2) is 48.7 Å². The second kappa shape index (κ2) is 8.39. The highest BCUT2D eigenvalue weighted by molar-refractivity contribution is 5.92. The van der Waals surface area contributed by atoms with E-state index in [1.807, 2.05) is 4.90 Å². The molecular formula is C18H20FN5O2. The molecular weight excluding hydrogens is 337 g/mol. The summed E-state index contributed by atoms with van der Waals surface area (Å²) < 4.78 is 12.9. The molecule has 2 N–H and O–H groups in total. The number of carbonyl (C=O) groups excluding carboxylic acids is 2. The molecule has 0 aliphatic carbocycles. The average molecular weight is 357 g/mol. The van der Waals surface area contributed by atoms with Gasteiger partial charge in [-0.05, 0) is 36.4 Å². The molecule has 136 valence electrons. The van der Waals surface area contributed by atoms with Gasteiger partial charge in [0.15, 0.2) is 0 Å². The zero-order valence-electron chi connectivity index (χ0n) is 14.2. The summed E-state index contributed by atoms with van der Waals surface area (Å²) in [4.78, 5) is 32.0. The van der Waals surface area contributed by atoms with Crippen LogP contribution in [0.3, 0.4) is 0 Å². The largest absolute Gasteiger partial charge is 0.325 e. The van der Waals surface area contributed by atoms with Gasteiger partial charge in [-0.2, -0.15) is 0 Å². The van der Waals surface area contributed by atoms with Crippen LogP contribution < -0.4 is 10.6 Å². The zero-order chi connectivity index (χ0) is 18.4. The quantitative estimate of drug-likeness (QED) is 0.878. The third kappa shape index (κ3) is 5.00. The molecule has 8 heteroatoms. The Morgan fingerprint density at radius 2 is 1.73 bits per heavy atom. The summed E-state index contributed by atoms with van der Waals surface area (Å²) >= 11 is 0. The van der Waals surface area contributed by atoms with Crippen LogP contribution >= 0.6 is 0 Å². The maximum atomic E-state index is 12.9. The molecule has 0 unspecified atom stereocenters. The van der Waals surface area contributed by atoms with E-state index in [0.29, 0.717) is 37.7 Å². The summed E-state index contributed by atoms with van der Waals surface area (Å²) in [6.45, 7) is 2.50. The van der Waals surface area contributed by atoms with E-state index in [2.05, 4.69) is 15.6 Å². The van der Waals surface area contributed by atoms with Crippen molar-refractivity contribution < 1.29 is 14.0 Å². The topological polar surface area (TPSA) is 77.6 Å². The van der Waals surface area contributed by atoms with E-state index in [1.165, 1.54) is 24.3 Å². The molecule has 2 heterocycles. The Bertz CT molecular complexity index is 746. The summed E-state index contributed by atoms with van der Waals surface area (Å²) in [7, 11) is 0. The van der Waals surface area contributed by atoms with Gasteiger partial charge in [0.25, 0.3) is 0 Å². The van der Waals surface area contributed by atoms with Gasteiger partial charge < -0.3 is 10.2 Å². The van der Waals surface area contributed by atoms with Gasteiger partial charge >= 0.3 is 6.03 Å². The molecule has 1 aliphatic heterocycles. The number of halogens is 1. The number of hydrogen-bond donors (Lipinski definition) is 2. The van der Waals surface area contributed by atoms with Crippen molar-refractivity contribution in [3.63, 3.8) is 0 Å². The number of carbonyl (C=O) groups is 2. The Balaban J connectivity index is 1.42. The van der Waals surface area contributed by atoms with Gasteiger partial charge in [-0.3, -0.25) is 15.0 Å². The van der Waals surface area contributed by atoms with Crippen molar-refractivity contribution >= 4 is 23.4 Å². The molecule has 0 radical (unpaired) electrons. The minimum atomic E-state index is -0.344. The van der Waals surface area contributed by atoms with E-state index in [4.69, 9.17) is 0 Å². The molecule has 26 heavy (non-hydrogen) atoms. The zero-order valence-corrected chi connectivity index (χ0v) is 14.2. The van der Waals surface area contributed by atoms with Crippen LogP contribution in [0.2, 0.25) is 0 Å². The molecule has 0 bridgehead atoms. The highest BCUT2D eigenvalue weighted by Gasteiger charge is 2.22. The van der Waals surface area contributed by atoms with Crippen LogP contribution in [0.25, 0.3) is 0 Å². The van der Waals surface area contributed by atoms with Crippen molar-refractivity contribution in [3.8, 4) is 0 Å². The molecule has 1 aliphatic rings. The fraction of sp³-hybridized carbons (Fsp3) is 0.278. The first-order valence-corrected chi connectivity index (χ1v) is 8.35. The van der Waals surface area contributed by atoms with E-state index in [9.17, 15) is 14.0 Å². The molecule has 3 rings (SSSR count). The van der Waals surface area contributed by atoms with Crippen LogP contribution in [0.1, 0.15) is 0 Å². The molecule has 1 aromatic heterocycles. The normalized spacial score (nSPS) is 14.7. The van der Waals surface area contributed by atoms with Gasteiger partial charge in [0.1, 0.15) is 11.6 Å². The number of pyridine rings is 1. The summed E-state index contributed by atoms with van der Waals surface area (Å²) in [5.41, 5.74) is 0.560. The summed E-state index contributed by atoms with van der Waals surface area (Å²) in [6, 6.07) is 10.8. The molecule has 7 nitrogen and oxygen atoms in total. The lowest BCUT2D eigenvalue weighted by Crippen LogP contribution is -2.51. The van der Waals surface area contributed by atoms with E-state index in [1.54, 1.807) is 29.3 Å². The first kappa shape index (κ1) is 17.8. The maximum Gasteiger partial charge on any atom is 0.323 e. The van der Waals surface area contributed by atoms with Crippen molar-refractivity contribution in [1.29, 1.82) is 0 Å². The van der Waals surface area contributed by atoms with Crippen LogP contribution in [0.5, 0.6) is 0 Å². The lowest BCUT2D eigenvalue weighted by Gasteiger charge is -2.34. The number of aromatic nitrogens is 1. The molecule has 0 atom stereocenters. The monoisotopic (exact) mass is 357 g/mol. The molecule has 1 saturated heterocycles. The molecule has 0 spiro atoms. The van der Waals surface area contributed by atoms with Gasteiger partial charge in [-0.1, -0.05) is 6.07 Å². The van der Waals surface area contributed by atoms with Gasteiger partial charge in [0.2, 0.25) is 5.91 Å². The van der Waals surface area contributed by atoms with Crippen molar-refractivity contribution in [2.24, 2.45) is 0 Å². The summed E-state index contributed by atoms with van der Waals surface area (Å²) in [5, 5.41) is 5.49. The summed E-state index contributed by atoms with van der Waals surface area (Å²) in [6.07, 6.45) is 1.62. The van der Waals surface area contributed by atoms with E-state index in [0.717, 1.165) is 0 Å². The lowest BCUT2D eigenvalue weighted by molar-refractivity contribution is -0.117. The number of anilines is 2. The number of nitrogens with zero attached hydrogens (tertiary/aromatic N) is 3. The third-order valence-electron chi connectivity index (χ3n) is 4.05. The highest BCUT2D eigenvalue weighted by atomic mass is 19.1. The number of rotatable bonds is 4. The van der Waals surface area contributed by atoms with E-state index < -0.39 is 0 Å². The van der Waals surface area contributed by atoms with Crippen LogP contribution in [0.4, 0.5) is 20.7 Å². The van der Waals surface area contributed by atoms with Crippen molar-refractivity contribution in [2.45, 2.75) is 0 Å². The number of hydrogen-bond acceptors (Lipinski definition) is 4. The average Bonchev–Trinajstić information content (AvgIpc) is 2.65. The number of nitrogens with one attached hydrogen (secondary N) is 2. The standard InChI is InChI=1S/C18H20FN5O2/c19-14-4-6-15(7-5-14)21-17(25)13-23-9-11-24(12-10-23)18(26)22-16-3-1-2-8-20-16/h1-8H,9-13H2,(H,21,25)(H,20,22,26). The summed E-state index contributed by atoms with van der Waals surface area (Å²) in [5.74, 6) is 0.00435. The van der Waals surface area contributed by atoms with Gasteiger partial charge in [0, 0.05) is 38.1 Å². The van der Waals surface area contributed by atoms with Crippen molar-refractivity contribution in [2.75, 3.05) is 43.4 Å². The maximum absolute atomic E-state index is 12.9. The smallest absolute Gasteiger partial charge is 0.323 e. The minimum Gasteiger partial charge on any atom is -0.325 e. The second-order valence-electron chi connectivity index (χ2n) is 5.96. The van der Waals surface area contributed by atoms with Gasteiger partial charge in [-0.25, -0.2) is 14.2 Å². The van der Waals surface area contributed by atoms with Gasteiger partial charge in [0.05, 0.1) is 6.54 Å². The van der Waals surface area contributed by atoms with E-state index >= 15 is 0 Å². The third-order valence-corrected chi connectivity index (χ3v) is 4.05. The van der Waals surface area contributed by atoms with Crippen molar-refractivity contribution in [1.82, 2.24) is 14.8 Å². The van der Waals surface area contributed by atoms with Crippen molar-refractivity contribution in [3.05, 3.63) is 54.5 Å². The van der Waals surface area contributed by atoms with Crippen LogP contribution in [-0.2, 0) is 4.79 Å². The Hall–Kier alpha value is -3.00. The Labute approximate surface area is 150 Å². The predicted octanol–water partition coefficient (Wildman–Crippen LogP) is 2.01. The van der Waals surface area contributed by atoms with Gasteiger partial charge in [-0.15, -0.1) is 0 Å². The molecule has 1 fully saturated rings. The Morgan fingerprint density at radius 1 is 1.00 bits per heavy atom. The number of piperazine rings is 1. The number of benzene rings is 1. The van der Waals surface area contributed by atoms with Crippen LogP contribution in [-0.4, -0.2) is 59.4 Å². The fourth-order valence-corrected chi connectivity index (χ4v) is 2.67. The minimum absolute atomic E-state index is 0.164. The molecule has 1 aromatic carbocycles. The SMILES string of the molecule is O=C(CN1CCN(C(=O)Nc2ccccn2)CC1)Nc1ccc(F)cc1. The Morgan fingerprint density at radius 3 is 2.38 bits per heavy atom. The molecule has 0 saturated carbocycles. The number of urea groups is 1. The molecule has 2 aromatic rings.